The van der Waals surface area contributed by atoms with Crippen LogP contribution in [0.3, 0.4) is 0 Å². The number of thiazole rings is 1. The Kier molecular flexibility index (Phi) is 7.34. The molecule has 0 saturated carbocycles. The van der Waals surface area contributed by atoms with Crippen molar-refractivity contribution < 1.29 is 19.8 Å². The number of likely N-dealkylation sites (tertiary alicyclic amines) is 2. The summed E-state index contributed by atoms with van der Waals surface area (Å²) in [6.45, 7) is 1.44. The van der Waals surface area contributed by atoms with Crippen molar-refractivity contribution in [3.05, 3.63) is 87.9 Å². The number of nitrogens with zero attached hydrogens (tertiary/aromatic N) is 3. The van der Waals surface area contributed by atoms with Gasteiger partial charge in [0, 0.05) is 36.0 Å². The lowest BCUT2D eigenvalue weighted by Crippen LogP contribution is -2.44. The summed E-state index contributed by atoms with van der Waals surface area (Å²) in [7, 11) is 0. The molecule has 3 aromatic rings. The molecular formula is C28H31N3O4S. The number of aromatic nitrogens is 1. The van der Waals surface area contributed by atoms with E-state index >= 15 is 0 Å². The van der Waals surface area contributed by atoms with E-state index in [9.17, 15) is 19.8 Å². The van der Waals surface area contributed by atoms with Crippen molar-refractivity contribution in [3.63, 3.8) is 0 Å². The van der Waals surface area contributed by atoms with Crippen LogP contribution in [0.2, 0.25) is 0 Å². The lowest BCUT2D eigenvalue weighted by molar-refractivity contribution is 0.0540. The molecule has 5 rings (SSSR count). The van der Waals surface area contributed by atoms with Crippen LogP contribution in [0, 0.1) is 0 Å². The van der Waals surface area contributed by atoms with Crippen LogP contribution in [0.5, 0.6) is 0 Å². The lowest BCUT2D eigenvalue weighted by atomic mass is 9.94. The Morgan fingerprint density at radius 1 is 1.06 bits per heavy atom. The van der Waals surface area contributed by atoms with Crippen LogP contribution in [0.15, 0.2) is 65.5 Å². The summed E-state index contributed by atoms with van der Waals surface area (Å²) in [6.07, 6.45) is 2.00. The number of rotatable bonds is 6. The highest BCUT2D eigenvalue weighted by Gasteiger charge is 2.41. The fourth-order valence-electron chi connectivity index (χ4n) is 5.66. The van der Waals surface area contributed by atoms with E-state index in [1.54, 1.807) is 11.3 Å². The molecule has 3 heterocycles. The maximum atomic E-state index is 13.2. The quantitative estimate of drug-likeness (QED) is 0.494. The number of hydrogen-bond acceptors (Lipinski definition) is 5. The van der Waals surface area contributed by atoms with Crippen molar-refractivity contribution in [2.45, 2.75) is 56.2 Å². The van der Waals surface area contributed by atoms with E-state index < -0.39 is 18.2 Å². The first-order chi connectivity index (χ1) is 17.5. The summed E-state index contributed by atoms with van der Waals surface area (Å²) < 4.78 is 0. The van der Waals surface area contributed by atoms with Crippen LogP contribution in [-0.2, 0) is 6.42 Å². The average Bonchev–Trinajstić information content (AvgIpc) is 3.60. The Hall–Kier alpha value is -3.23. The molecule has 0 aliphatic carbocycles. The van der Waals surface area contributed by atoms with E-state index in [-0.39, 0.29) is 17.9 Å². The van der Waals surface area contributed by atoms with Gasteiger partial charge in [-0.25, -0.2) is 9.78 Å². The number of hydrogen-bond donors (Lipinski definition) is 2. The topological polar surface area (TPSA) is 94.0 Å². The fourth-order valence-corrected chi connectivity index (χ4v) is 6.29. The fraction of sp³-hybridized carbons (Fsp3) is 0.393. The standard InChI is InChI=1S/C28H31N3O4S/c32-26(20-5-2-1-3-6-20)25-13-12-23(31(25)28(34)35)15-19-8-10-21(11-9-19)27(33)30-14-4-7-22(16-30)24-17-36-18-29-24/h1-3,5-6,8-11,17-18,22-23,25-26,32H,4,7,12-16H2,(H,34,35)/t22?,23-,25+,26+/m0/s1. The van der Waals surface area contributed by atoms with Crippen LogP contribution < -0.4 is 0 Å². The Bertz CT molecular complexity index is 1170. The normalized spacial score (nSPS) is 23.0. The predicted molar refractivity (Wildman–Crippen MR) is 138 cm³/mol. The minimum absolute atomic E-state index is 0.0283. The van der Waals surface area contributed by atoms with Crippen molar-refractivity contribution >= 4 is 23.3 Å². The number of benzene rings is 2. The zero-order valence-corrected chi connectivity index (χ0v) is 20.9. The molecule has 1 unspecified atom stereocenters. The number of carboxylic acid groups (broad SMARTS) is 1. The SMILES string of the molecule is O=C(c1ccc(C[C@@H]2CC[C@H]([C@H](O)c3ccccc3)N2C(=O)O)cc1)N1CCCC(c2cscn2)C1. The third-order valence-electron chi connectivity index (χ3n) is 7.52. The summed E-state index contributed by atoms with van der Waals surface area (Å²) in [4.78, 5) is 33.1. The van der Waals surface area contributed by atoms with Gasteiger partial charge in [-0.05, 0) is 55.4 Å². The van der Waals surface area contributed by atoms with Gasteiger partial charge in [0.2, 0.25) is 0 Å². The minimum Gasteiger partial charge on any atom is -0.465 e. The zero-order valence-electron chi connectivity index (χ0n) is 20.1. The van der Waals surface area contributed by atoms with Gasteiger partial charge in [-0.2, -0.15) is 0 Å². The van der Waals surface area contributed by atoms with Gasteiger partial charge in [0.1, 0.15) is 0 Å². The van der Waals surface area contributed by atoms with Crippen molar-refractivity contribution in [2.75, 3.05) is 13.1 Å². The molecule has 7 nitrogen and oxygen atoms in total. The third kappa shape index (κ3) is 5.15. The zero-order chi connectivity index (χ0) is 25.1. The van der Waals surface area contributed by atoms with Gasteiger partial charge in [-0.15, -0.1) is 11.3 Å². The summed E-state index contributed by atoms with van der Waals surface area (Å²) in [5.41, 5.74) is 5.28. The molecule has 1 aromatic heterocycles. The second kappa shape index (κ2) is 10.8. The largest absolute Gasteiger partial charge is 0.465 e. The molecule has 0 spiro atoms. The smallest absolute Gasteiger partial charge is 0.407 e. The second-order valence-corrected chi connectivity index (χ2v) is 10.5. The van der Waals surface area contributed by atoms with Gasteiger partial charge in [0.15, 0.2) is 0 Å². The first-order valence-corrected chi connectivity index (χ1v) is 13.5. The highest BCUT2D eigenvalue weighted by atomic mass is 32.1. The lowest BCUT2D eigenvalue weighted by Gasteiger charge is -2.32. The molecule has 2 N–H and O–H groups in total. The summed E-state index contributed by atoms with van der Waals surface area (Å²) >= 11 is 1.59. The number of piperidine rings is 1. The second-order valence-electron chi connectivity index (χ2n) is 9.75. The molecule has 0 bridgehead atoms. The van der Waals surface area contributed by atoms with Crippen molar-refractivity contribution in [2.24, 2.45) is 0 Å². The Morgan fingerprint density at radius 3 is 2.53 bits per heavy atom. The number of carbonyl (C=O) groups is 2. The third-order valence-corrected chi connectivity index (χ3v) is 8.13. The van der Waals surface area contributed by atoms with Crippen molar-refractivity contribution in [1.82, 2.24) is 14.8 Å². The van der Waals surface area contributed by atoms with Crippen molar-refractivity contribution in [1.29, 1.82) is 0 Å². The molecule has 2 aliphatic rings. The maximum Gasteiger partial charge on any atom is 0.407 e. The van der Waals surface area contributed by atoms with E-state index in [0.717, 1.165) is 36.2 Å². The summed E-state index contributed by atoms with van der Waals surface area (Å²) in [6, 6.07) is 16.1. The molecule has 2 fully saturated rings. The van der Waals surface area contributed by atoms with Gasteiger partial charge < -0.3 is 15.1 Å². The Balaban J connectivity index is 1.23. The molecule has 0 radical (unpaired) electrons. The molecule has 8 heteroatoms. The van der Waals surface area contributed by atoms with Crippen LogP contribution in [-0.4, -0.2) is 62.2 Å². The van der Waals surface area contributed by atoms with E-state index in [4.69, 9.17) is 0 Å². The molecule has 4 atom stereocenters. The number of amides is 2. The molecule has 2 amide bonds. The number of aliphatic hydroxyl groups is 1. The minimum atomic E-state index is -1.01. The maximum absolute atomic E-state index is 13.2. The van der Waals surface area contributed by atoms with Crippen LogP contribution in [0.1, 0.15) is 64.9 Å². The average molecular weight is 506 g/mol. The number of carbonyl (C=O) groups excluding carboxylic acids is 1. The van der Waals surface area contributed by atoms with Crippen LogP contribution in [0.4, 0.5) is 4.79 Å². The van der Waals surface area contributed by atoms with E-state index in [0.29, 0.717) is 31.4 Å². The van der Waals surface area contributed by atoms with Gasteiger partial charge in [-0.3, -0.25) is 9.69 Å². The highest BCUT2D eigenvalue weighted by Crippen LogP contribution is 2.35. The summed E-state index contributed by atoms with van der Waals surface area (Å²) in [5, 5.41) is 22.9. The van der Waals surface area contributed by atoms with Crippen LogP contribution >= 0.6 is 11.3 Å². The highest BCUT2D eigenvalue weighted by molar-refractivity contribution is 7.07. The molecule has 36 heavy (non-hydrogen) atoms. The van der Waals surface area contributed by atoms with Gasteiger partial charge >= 0.3 is 6.09 Å². The first-order valence-electron chi connectivity index (χ1n) is 12.5. The monoisotopic (exact) mass is 505 g/mol. The van der Waals surface area contributed by atoms with Crippen molar-refractivity contribution in [3.8, 4) is 0 Å². The van der Waals surface area contributed by atoms with E-state index in [1.807, 2.05) is 65.0 Å². The predicted octanol–water partition coefficient (Wildman–Crippen LogP) is 4.95. The van der Waals surface area contributed by atoms with E-state index in [2.05, 4.69) is 10.4 Å². The molecule has 2 saturated heterocycles. The molecule has 188 valence electrons. The Morgan fingerprint density at radius 2 is 1.83 bits per heavy atom. The summed E-state index contributed by atoms with van der Waals surface area (Å²) in [5.74, 6) is 0.317. The van der Waals surface area contributed by atoms with Gasteiger partial charge in [0.25, 0.3) is 5.91 Å². The Labute approximate surface area is 215 Å². The molecular weight excluding hydrogens is 474 g/mol. The van der Waals surface area contributed by atoms with Crippen LogP contribution in [0.25, 0.3) is 0 Å². The van der Waals surface area contributed by atoms with Gasteiger partial charge in [0.05, 0.1) is 23.4 Å². The number of aliphatic hydroxyl groups excluding tert-OH is 1. The first kappa shape index (κ1) is 24.5. The molecule has 2 aromatic carbocycles. The molecule has 2 aliphatic heterocycles. The van der Waals surface area contributed by atoms with Gasteiger partial charge in [-0.1, -0.05) is 42.5 Å². The van der Waals surface area contributed by atoms with E-state index in [1.165, 1.54) is 4.90 Å².